The molecule has 3 atom stereocenters. The van der Waals surface area contributed by atoms with Crippen molar-refractivity contribution in [2.45, 2.75) is 43.6 Å². The van der Waals surface area contributed by atoms with Gasteiger partial charge in [-0.3, -0.25) is 9.59 Å². The predicted octanol–water partition coefficient (Wildman–Crippen LogP) is 2.42. The van der Waals surface area contributed by atoms with E-state index in [0.29, 0.717) is 16.1 Å². The second-order valence-electron chi connectivity index (χ2n) is 6.53. The lowest BCUT2D eigenvalue weighted by Gasteiger charge is -2.21. The van der Waals surface area contributed by atoms with Gasteiger partial charge in [0.15, 0.2) is 0 Å². The van der Waals surface area contributed by atoms with E-state index in [-0.39, 0.29) is 29.4 Å². The summed E-state index contributed by atoms with van der Waals surface area (Å²) in [6.07, 6.45) is -0.559. The molecule has 0 aliphatic carbocycles. The minimum atomic E-state index is -4.98. The highest BCUT2D eigenvalue weighted by Gasteiger charge is 2.40. The summed E-state index contributed by atoms with van der Waals surface area (Å²) in [5.74, 6) is -2.42. The zero-order valence-electron chi connectivity index (χ0n) is 13.4. The molecule has 0 spiro atoms. The van der Waals surface area contributed by atoms with E-state index in [1.54, 1.807) is 0 Å². The number of carbonyl (C=O) groups excluding carboxylic acids is 2. The van der Waals surface area contributed by atoms with E-state index >= 15 is 0 Å². The van der Waals surface area contributed by atoms with Gasteiger partial charge in [-0.2, -0.15) is 13.2 Å². The van der Waals surface area contributed by atoms with Gasteiger partial charge in [0.1, 0.15) is 5.69 Å². The minimum absolute atomic E-state index is 0.0189. The highest BCUT2D eigenvalue weighted by molar-refractivity contribution is 7.17. The molecule has 2 bridgehead atoms. The third-order valence-corrected chi connectivity index (χ3v) is 5.75. The number of anilines is 1. The van der Waals surface area contributed by atoms with Crippen molar-refractivity contribution < 1.29 is 22.8 Å². The van der Waals surface area contributed by atoms with Crippen LogP contribution < -0.4 is 16.0 Å². The number of nitrogens with zero attached hydrogens (tertiary/aromatic N) is 1. The summed E-state index contributed by atoms with van der Waals surface area (Å²) < 4.78 is 38.0. The second-order valence-corrected chi connectivity index (χ2v) is 7.44. The first-order chi connectivity index (χ1) is 12.3. The molecule has 10 heteroatoms. The number of fused-ring (bicyclic) bond motifs is 3. The molecule has 26 heavy (non-hydrogen) atoms. The number of hydrogen-bond acceptors (Lipinski definition) is 5. The molecule has 2 aliphatic rings. The van der Waals surface area contributed by atoms with Gasteiger partial charge in [0.05, 0.1) is 10.4 Å². The number of pyridine rings is 1. The van der Waals surface area contributed by atoms with E-state index in [1.165, 1.54) is 17.6 Å². The van der Waals surface area contributed by atoms with Crippen molar-refractivity contribution in [2.75, 3.05) is 5.32 Å². The van der Waals surface area contributed by atoms with Crippen molar-refractivity contribution in [1.82, 2.24) is 15.6 Å². The molecular weight excluding hydrogens is 369 g/mol. The largest absolute Gasteiger partial charge is 0.471 e. The molecule has 2 aliphatic heterocycles. The van der Waals surface area contributed by atoms with Crippen LogP contribution in [0.3, 0.4) is 0 Å². The first-order valence-corrected chi connectivity index (χ1v) is 9.01. The first-order valence-electron chi connectivity index (χ1n) is 8.13. The number of nitrogens with one attached hydrogen (secondary N) is 3. The van der Waals surface area contributed by atoms with Gasteiger partial charge in [-0.25, -0.2) is 4.98 Å². The Morgan fingerprint density at radius 3 is 2.77 bits per heavy atom. The highest BCUT2D eigenvalue weighted by atomic mass is 32.1. The first kappa shape index (κ1) is 17.2. The zero-order valence-corrected chi connectivity index (χ0v) is 14.2. The number of alkyl halides is 3. The van der Waals surface area contributed by atoms with Crippen LogP contribution in [0.2, 0.25) is 0 Å². The smallest absolute Gasteiger partial charge is 0.346 e. The molecule has 0 saturated carbocycles. The summed E-state index contributed by atoms with van der Waals surface area (Å²) in [6, 6.07) is 2.14. The molecule has 138 valence electrons. The van der Waals surface area contributed by atoms with E-state index in [0.717, 1.165) is 30.6 Å². The Labute approximate surface area is 150 Å². The maximum Gasteiger partial charge on any atom is 0.471 e. The van der Waals surface area contributed by atoms with Crippen molar-refractivity contribution in [1.29, 1.82) is 0 Å². The Bertz CT molecular complexity index is 882. The summed E-state index contributed by atoms with van der Waals surface area (Å²) in [5.41, 5.74) is 0.131. The summed E-state index contributed by atoms with van der Waals surface area (Å²) in [7, 11) is 0. The van der Waals surface area contributed by atoms with Gasteiger partial charge in [-0.1, -0.05) is 0 Å². The normalized spacial score (nSPS) is 24.8. The fourth-order valence-corrected chi connectivity index (χ4v) is 4.41. The van der Waals surface area contributed by atoms with Gasteiger partial charge < -0.3 is 16.0 Å². The number of amides is 2. The fourth-order valence-electron chi connectivity index (χ4n) is 3.57. The third-order valence-electron chi connectivity index (χ3n) is 4.82. The standard InChI is InChI=1S/C16H15F3N4O2S/c17-16(18,19)15(25)23-12-6-26-13-5-20-11(4-8(12)13)14(24)22-10-3-7-1-2-9(10)21-7/h4-7,9-10,21H,1-3H2,(H,22,24)(H,23,25)/t7-,9+,10-/m1/s1. The summed E-state index contributed by atoms with van der Waals surface area (Å²) in [4.78, 5) is 27.7. The van der Waals surface area contributed by atoms with Crippen molar-refractivity contribution in [2.24, 2.45) is 0 Å². The van der Waals surface area contributed by atoms with Gasteiger partial charge in [0.2, 0.25) is 0 Å². The molecular formula is C16H15F3N4O2S. The molecule has 4 rings (SSSR count). The predicted molar refractivity (Wildman–Crippen MR) is 90.1 cm³/mol. The van der Waals surface area contributed by atoms with Crippen molar-refractivity contribution >= 4 is 38.9 Å². The van der Waals surface area contributed by atoms with Crippen LogP contribution in [-0.2, 0) is 4.79 Å². The SMILES string of the molecule is O=C(N[C@@H]1C[C@H]2CC[C@@H]1N2)c1cc2c(NC(=O)C(F)(F)F)csc2cn1. The van der Waals surface area contributed by atoms with E-state index in [2.05, 4.69) is 15.6 Å². The number of thiophene rings is 1. The maximum absolute atomic E-state index is 12.5. The van der Waals surface area contributed by atoms with Crippen molar-refractivity contribution in [3.63, 3.8) is 0 Å². The number of aromatic nitrogens is 1. The van der Waals surface area contributed by atoms with Gasteiger partial charge in [0, 0.05) is 35.1 Å². The molecule has 2 amide bonds. The summed E-state index contributed by atoms with van der Waals surface area (Å²) in [5, 5.41) is 9.96. The third kappa shape index (κ3) is 3.14. The van der Waals surface area contributed by atoms with E-state index in [9.17, 15) is 22.8 Å². The van der Waals surface area contributed by atoms with Crippen LogP contribution in [0.15, 0.2) is 17.6 Å². The van der Waals surface area contributed by atoms with Gasteiger partial charge in [-0.15, -0.1) is 11.3 Å². The minimum Gasteiger partial charge on any atom is -0.346 e. The lowest BCUT2D eigenvalue weighted by atomic mass is 9.95. The quantitative estimate of drug-likeness (QED) is 0.759. The number of rotatable bonds is 3. The topological polar surface area (TPSA) is 83.1 Å². The number of carbonyl (C=O) groups is 2. The van der Waals surface area contributed by atoms with Gasteiger partial charge in [0.25, 0.3) is 5.91 Å². The molecule has 0 radical (unpaired) electrons. The van der Waals surface area contributed by atoms with Crippen molar-refractivity contribution in [3.8, 4) is 0 Å². The molecule has 0 aromatic carbocycles. The summed E-state index contributed by atoms with van der Waals surface area (Å²) >= 11 is 1.14. The molecule has 2 aromatic heterocycles. The van der Waals surface area contributed by atoms with Crippen LogP contribution in [0, 0.1) is 0 Å². The second kappa shape index (κ2) is 6.20. The Kier molecular flexibility index (Phi) is 4.11. The van der Waals surface area contributed by atoms with Crippen LogP contribution in [-0.4, -0.2) is 41.1 Å². The van der Waals surface area contributed by atoms with Crippen LogP contribution >= 0.6 is 11.3 Å². The number of hydrogen-bond donors (Lipinski definition) is 3. The Hall–Kier alpha value is -2.20. The van der Waals surface area contributed by atoms with Crippen LogP contribution in [0.4, 0.5) is 18.9 Å². The van der Waals surface area contributed by atoms with E-state index in [4.69, 9.17) is 0 Å². The fraction of sp³-hybridized carbons (Fsp3) is 0.438. The maximum atomic E-state index is 12.5. The van der Waals surface area contributed by atoms with Crippen LogP contribution in [0.1, 0.15) is 29.8 Å². The van der Waals surface area contributed by atoms with Crippen LogP contribution in [0.25, 0.3) is 10.1 Å². The molecule has 6 nitrogen and oxygen atoms in total. The Morgan fingerprint density at radius 2 is 2.12 bits per heavy atom. The molecule has 4 heterocycles. The van der Waals surface area contributed by atoms with Crippen molar-refractivity contribution in [3.05, 3.63) is 23.3 Å². The van der Waals surface area contributed by atoms with Gasteiger partial charge >= 0.3 is 12.1 Å². The Balaban J connectivity index is 1.54. The Morgan fingerprint density at radius 1 is 1.31 bits per heavy atom. The average Bonchev–Trinajstić information content (AvgIpc) is 3.29. The average molecular weight is 384 g/mol. The lowest BCUT2D eigenvalue weighted by Crippen LogP contribution is -2.43. The summed E-state index contributed by atoms with van der Waals surface area (Å²) in [6.45, 7) is 0. The zero-order chi connectivity index (χ0) is 18.5. The molecule has 0 unspecified atom stereocenters. The van der Waals surface area contributed by atoms with E-state index < -0.39 is 12.1 Å². The molecule has 2 saturated heterocycles. The number of halogens is 3. The van der Waals surface area contributed by atoms with E-state index in [1.807, 2.05) is 5.32 Å². The highest BCUT2D eigenvalue weighted by Crippen LogP contribution is 2.32. The van der Waals surface area contributed by atoms with Crippen LogP contribution in [0.5, 0.6) is 0 Å². The lowest BCUT2D eigenvalue weighted by molar-refractivity contribution is -0.167. The monoisotopic (exact) mass is 384 g/mol. The molecule has 3 N–H and O–H groups in total. The van der Waals surface area contributed by atoms with Gasteiger partial charge in [-0.05, 0) is 25.3 Å². The molecule has 2 fully saturated rings. The molecule has 2 aromatic rings.